The smallest absolute Gasteiger partial charge is 0.262 e. The van der Waals surface area contributed by atoms with E-state index in [4.69, 9.17) is 4.74 Å². The van der Waals surface area contributed by atoms with Gasteiger partial charge in [0, 0.05) is 7.05 Å². The Morgan fingerprint density at radius 3 is 2.64 bits per heavy atom. The van der Waals surface area contributed by atoms with Gasteiger partial charge in [-0.1, -0.05) is 30.3 Å². The molecule has 28 heavy (non-hydrogen) atoms. The zero-order chi connectivity index (χ0) is 20.3. The Morgan fingerprint density at radius 1 is 1.18 bits per heavy atom. The number of ether oxygens (including phenoxy) is 1. The van der Waals surface area contributed by atoms with Gasteiger partial charge < -0.3 is 20.3 Å². The summed E-state index contributed by atoms with van der Waals surface area (Å²) in [6.45, 7) is 6.59. The number of hydrogen-bond acceptors (Lipinski definition) is 4. The van der Waals surface area contributed by atoms with Crippen LogP contribution in [0.4, 0.5) is 5.69 Å². The number of nitrogens with zero attached hydrogens (tertiary/aromatic N) is 1. The number of carbonyl (C=O) groups excluding carboxylic acids is 2. The van der Waals surface area contributed by atoms with E-state index in [2.05, 4.69) is 36.6 Å². The van der Waals surface area contributed by atoms with E-state index in [1.165, 1.54) is 11.1 Å². The van der Waals surface area contributed by atoms with Crippen molar-refractivity contribution < 1.29 is 14.3 Å². The highest BCUT2D eigenvalue weighted by atomic mass is 16.5. The number of para-hydroxylation sites is 2. The minimum atomic E-state index is -0.648. The Labute approximate surface area is 165 Å². The normalized spacial score (nSPS) is 16.6. The predicted molar refractivity (Wildman–Crippen MR) is 110 cm³/mol. The van der Waals surface area contributed by atoms with Crippen LogP contribution in [0.2, 0.25) is 0 Å². The van der Waals surface area contributed by atoms with Crippen molar-refractivity contribution in [2.45, 2.75) is 32.9 Å². The summed E-state index contributed by atoms with van der Waals surface area (Å²) >= 11 is 0. The average molecular weight is 381 g/mol. The van der Waals surface area contributed by atoms with Gasteiger partial charge in [0.15, 0.2) is 6.10 Å². The van der Waals surface area contributed by atoms with E-state index >= 15 is 0 Å². The van der Waals surface area contributed by atoms with Crippen LogP contribution in [0.1, 0.15) is 29.7 Å². The summed E-state index contributed by atoms with van der Waals surface area (Å²) in [6.07, 6.45) is -0.648. The van der Waals surface area contributed by atoms with Crippen LogP contribution in [0.5, 0.6) is 5.75 Å². The summed E-state index contributed by atoms with van der Waals surface area (Å²) in [5.74, 6) is 0.304. The molecule has 0 unspecified atom stereocenters. The minimum absolute atomic E-state index is 0.0990. The minimum Gasteiger partial charge on any atom is -0.477 e. The van der Waals surface area contributed by atoms with Gasteiger partial charge in [0.1, 0.15) is 5.75 Å². The van der Waals surface area contributed by atoms with Crippen molar-refractivity contribution in [1.29, 1.82) is 0 Å². The van der Waals surface area contributed by atoms with Crippen molar-refractivity contribution in [2.24, 2.45) is 0 Å². The van der Waals surface area contributed by atoms with Gasteiger partial charge in [-0.3, -0.25) is 9.59 Å². The molecule has 0 aliphatic carbocycles. The van der Waals surface area contributed by atoms with Crippen LogP contribution in [0.25, 0.3) is 0 Å². The van der Waals surface area contributed by atoms with Crippen molar-refractivity contribution in [3.8, 4) is 5.75 Å². The maximum absolute atomic E-state index is 12.7. The first-order valence-electron chi connectivity index (χ1n) is 9.47. The highest BCUT2D eigenvalue weighted by Crippen LogP contribution is 2.33. The van der Waals surface area contributed by atoms with Crippen molar-refractivity contribution in [1.82, 2.24) is 10.6 Å². The molecule has 0 saturated heterocycles. The van der Waals surface area contributed by atoms with E-state index in [-0.39, 0.29) is 24.4 Å². The summed E-state index contributed by atoms with van der Waals surface area (Å²) in [5.41, 5.74) is 4.32. The first kappa shape index (κ1) is 19.7. The van der Waals surface area contributed by atoms with Crippen molar-refractivity contribution in [3.05, 3.63) is 59.2 Å². The van der Waals surface area contributed by atoms with Crippen LogP contribution in [-0.4, -0.2) is 38.1 Å². The third kappa shape index (κ3) is 4.27. The van der Waals surface area contributed by atoms with E-state index < -0.39 is 6.10 Å². The Kier molecular flexibility index (Phi) is 5.87. The van der Waals surface area contributed by atoms with Gasteiger partial charge in [-0.25, -0.2) is 0 Å². The van der Waals surface area contributed by atoms with Gasteiger partial charge in [0.2, 0.25) is 5.91 Å². The van der Waals surface area contributed by atoms with Gasteiger partial charge >= 0.3 is 0 Å². The number of likely N-dealkylation sites (N-methyl/N-ethyl adjacent to an activating group) is 1. The summed E-state index contributed by atoms with van der Waals surface area (Å²) in [5, 5.41) is 5.67. The highest BCUT2D eigenvalue weighted by Gasteiger charge is 2.31. The topological polar surface area (TPSA) is 70.7 Å². The second-order valence-electron chi connectivity index (χ2n) is 7.20. The Balaban J connectivity index is 1.71. The van der Waals surface area contributed by atoms with Gasteiger partial charge in [0.25, 0.3) is 5.91 Å². The predicted octanol–water partition coefficient (Wildman–Crippen LogP) is 2.49. The van der Waals surface area contributed by atoms with E-state index in [9.17, 15) is 9.59 Å². The van der Waals surface area contributed by atoms with E-state index in [1.807, 2.05) is 42.2 Å². The fourth-order valence-electron chi connectivity index (χ4n) is 3.33. The van der Waals surface area contributed by atoms with E-state index in [0.29, 0.717) is 12.3 Å². The van der Waals surface area contributed by atoms with Crippen molar-refractivity contribution >= 4 is 17.5 Å². The molecule has 0 saturated carbocycles. The zero-order valence-electron chi connectivity index (χ0n) is 16.8. The lowest BCUT2D eigenvalue weighted by atomic mass is 10.0. The molecule has 1 heterocycles. The van der Waals surface area contributed by atoms with Gasteiger partial charge in [0.05, 0.1) is 24.8 Å². The van der Waals surface area contributed by atoms with Crippen LogP contribution in [0.15, 0.2) is 42.5 Å². The zero-order valence-corrected chi connectivity index (χ0v) is 16.8. The first-order valence-corrected chi connectivity index (χ1v) is 9.47. The van der Waals surface area contributed by atoms with Crippen molar-refractivity contribution in [2.75, 3.05) is 25.0 Å². The van der Waals surface area contributed by atoms with Crippen molar-refractivity contribution in [3.63, 3.8) is 0 Å². The lowest BCUT2D eigenvalue weighted by molar-refractivity contribution is -0.127. The summed E-state index contributed by atoms with van der Waals surface area (Å²) in [4.78, 5) is 26.7. The maximum Gasteiger partial charge on any atom is 0.262 e. The number of hydrogen-bond donors (Lipinski definition) is 2. The highest BCUT2D eigenvalue weighted by molar-refractivity contribution is 5.86. The third-order valence-corrected chi connectivity index (χ3v) is 5.14. The molecule has 1 aliphatic rings. The van der Waals surface area contributed by atoms with Gasteiger partial charge in [-0.05, 0) is 49.6 Å². The number of fused-ring (bicyclic) bond motifs is 1. The van der Waals surface area contributed by atoms with E-state index in [1.54, 1.807) is 7.05 Å². The van der Waals surface area contributed by atoms with Crippen LogP contribution in [0, 0.1) is 13.8 Å². The average Bonchev–Trinajstić information content (AvgIpc) is 2.69. The number of carbonyl (C=O) groups is 2. The molecular weight excluding hydrogens is 354 g/mol. The molecule has 2 aromatic carbocycles. The maximum atomic E-state index is 12.7. The quantitative estimate of drug-likeness (QED) is 0.835. The summed E-state index contributed by atoms with van der Waals surface area (Å²) in [7, 11) is 1.58. The largest absolute Gasteiger partial charge is 0.477 e. The summed E-state index contributed by atoms with van der Waals surface area (Å²) in [6, 6.07) is 13.6. The molecule has 6 nitrogen and oxygen atoms in total. The molecule has 6 heteroatoms. The first-order chi connectivity index (χ1) is 13.4. The molecule has 148 valence electrons. The van der Waals surface area contributed by atoms with Gasteiger partial charge in [-0.2, -0.15) is 0 Å². The molecule has 2 N–H and O–H groups in total. The molecule has 0 fully saturated rings. The van der Waals surface area contributed by atoms with Crippen LogP contribution >= 0.6 is 0 Å². The number of benzene rings is 2. The summed E-state index contributed by atoms with van der Waals surface area (Å²) < 4.78 is 5.79. The monoisotopic (exact) mass is 381 g/mol. The number of anilines is 1. The van der Waals surface area contributed by atoms with Crippen LogP contribution in [-0.2, 0) is 9.59 Å². The van der Waals surface area contributed by atoms with E-state index in [0.717, 1.165) is 11.3 Å². The molecule has 2 aromatic rings. The molecule has 2 atom stereocenters. The Hall–Kier alpha value is -3.02. The third-order valence-electron chi connectivity index (χ3n) is 5.14. The fraction of sp³-hybridized carbons (Fsp3) is 0.364. The molecule has 2 amide bonds. The number of amides is 2. The molecule has 1 aliphatic heterocycles. The fourth-order valence-corrected chi connectivity index (χ4v) is 3.33. The number of nitrogens with one attached hydrogen (secondary N) is 2. The number of rotatable bonds is 5. The molecule has 0 bridgehead atoms. The number of aryl methyl sites for hydroxylation is 2. The standard InChI is InChI=1S/C22H27N3O3/c1-14-9-10-17(11-15(14)2)16(3)24-21(26)13-25-12-20(22(27)23-4)28-19-8-6-5-7-18(19)25/h5-11,16,20H,12-13H2,1-4H3,(H,23,27)(H,24,26)/t16-,20-/m1/s1. The second-order valence-corrected chi connectivity index (χ2v) is 7.20. The molecule has 0 spiro atoms. The van der Waals surface area contributed by atoms with Gasteiger partial charge in [-0.15, -0.1) is 0 Å². The van der Waals surface area contributed by atoms with Crippen LogP contribution < -0.4 is 20.3 Å². The molecule has 0 radical (unpaired) electrons. The molecular formula is C22H27N3O3. The molecule has 3 rings (SSSR count). The second kappa shape index (κ2) is 8.33. The Morgan fingerprint density at radius 2 is 1.93 bits per heavy atom. The molecule has 0 aromatic heterocycles. The lowest BCUT2D eigenvalue weighted by Crippen LogP contribution is -2.50. The lowest BCUT2D eigenvalue weighted by Gasteiger charge is -2.35. The SMILES string of the molecule is CNC(=O)[C@H]1CN(CC(=O)N[C@H](C)c2ccc(C)c(C)c2)c2ccccc2O1. The van der Waals surface area contributed by atoms with Crippen LogP contribution in [0.3, 0.4) is 0 Å². The Bertz CT molecular complexity index is 881.